The highest BCUT2D eigenvalue weighted by Crippen LogP contribution is 2.29. The lowest BCUT2D eigenvalue weighted by molar-refractivity contribution is 0.189. The van der Waals surface area contributed by atoms with Crippen molar-refractivity contribution in [3.8, 4) is 0 Å². The molecule has 3 heteroatoms. The van der Waals surface area contributed by atoms with Crippen molar-refractivity contribution < 1.29 is 0 Å². The highest BCUT2D eigenvalue weighted by atomic mass is 15.1. The molecule has 0 bridgehead atoms. The highest BCUT2D eigenvalue weighted by molar-refractivity contribution is 5.83. The van der Waals surface area contributed by atoms with Gasteiger partial charge in [0.15, 0.2) is 0 Å². The van der Waals surface area contributed by atoms with Crippen molar-refractivity contribution in [2.45, 2.75) is 32.2 Å². The van der Waals surface area contributed by atoms with Gasteiger partial charge in [0.25, 0.3) is 0 Å². The van der Waals surface area contributed by atoms with Crippen LogP contribution in [0.2, 0.25) is 0 Å². The Morgan fingerprint density at radius 1 is 1.20 bits per heavy atom. The number of likely N-dealkylation sites (tertiary alicyclic amines) is 1. The second kappa shape index (κ2) is 5.88. The largest absolute Gasteiger partial charge is 0.388 e. The lowest BCUT2D eigenvalue weighted by Gasteiger charge is -2.32. The third-order valence-electron chi connectivity index (χ3n) is 4.50. The Labute approximate surface area is 121 Å². The molecule has 0 atom stereocenters. The molecule has 2 heterocycles. The number of piperidine rings is 1. The number of anilines is 1. The first-order chi connectivity index (χ1) is 9.81. The Bertz CT molecular complexity index is 565. The highest BCUT2D eigenvalue weighted by Gasteiger charge is 2.20. The Hall–Kier alpha value is -1.48. The second-order valence-corrected chi connectivity index (χ2v) is 5.82. The number of fused-ring (bicyclic) bond motifs is 1. The summed E-state index contributed by atoms with van der Waals surface area (Å²) in [5.74, 6) is 0. The van der Waals surface area contributed by atoms with Crippen LogP contribution in [0.5, 0.6) is 0 Å². The van der Waals surface area contributed by atoms with Crippen molar-refractivity contribution in [1.82, 2.24) is 9.47 Å². The minimum absolute atomic E-state index is 0.668. The maximum atomic E-state index is 3.21. The summed E-state index contributed by atoms with van der Waals surface area (Å²) in [7, 11) is 1.97. The maximum Gasteiger partial charge on any atom is 0.0484 e. The Balaban J connectivity index is 1.78. The number of hydrogen-bond acceptors (Lipinski definition) is 2. The fourth-order valence-electron chi connectivity index (χ4n) is 3.38. The monoisotopic (exact) mass is 271 g/mol. The number of hydrogen-bond donors (Lipinski definition) is 1. The fourth-order valence-corrected chi connectivity index (χ4v) is 3.38. The normalized spacial score (nSPS) is 17.7. The molecule has 2 aromatic rings. The Morgan fingerprint density at radius 3 is 2.70 bits per heavy atom. The van der Waals surface area contributed by atoms with Gasteiger partial charge in [-0.1, -0.05) is 6.92 Å². The molecular formula is C17H25N3. The molecule has 0 radical (unpaired) electrons. The Morgan fingerprint density at radius 2 is 2.00 bits per heavy atom. The zero-order chi connectivity index (χ0) is 13.9. The molecule has 3 nitrogen and oxygen atoms in total. The molecule has 1 saturated heterocycles. The van der Waals surface area contributed by atoms with Crippen LogP contribution >= 0.6 is 0 Å². The molecule has 0 unspecified atom stereocenters. The predicted molar refractivity (Wildman–Crippen MR) is 86.5 cm³/mol. The molecule has 1 aliphatic heterocycles. The van der Waals surface area contributed by atoms with E-state index in [1.54, 1.807) is 0 Å². The van der Waals surface area contributed by atoms with Crippen LogP contribution in [0.3, 0.4) is 0 Å². The average Bonchev–Trinajstić information content (AvgIpc) is 2.91. The number of nitrogens with one attached hydrogen (secondary N) is 1. The van der Waals surface area contributed by atoms with Crippen LogP contribution in [-0.2, 0) is 0 Å². The zero-order valence-corrected chi connectivity index (χ0v) is 12.6. The van der Waals surface area contributed by atoms with Crippen molar-refractivity contribution in [1.29, 1.82) is 0 Å². The summed E-state index contributed by atoms with van der Waals surface area (Å²) in [5, 5.41) is 4.55. The summed E-state index contributed by atoms with van der Waals surface area (Å²) in [6.45, 7) is 6.01. The first-order valence-corrected chi connectivity index (χ1v) is 7.82. The molecule has 1 aromatic carbocycles. The topological polar surface area (TPSA) is 20.2 Å². The van der Waals surface area contributed by atoms with E-state index in [9.17, 15) is 0 Å². The van der Waals surface area contributed by atoms with Gasteiger partial charge in [0.05, 0.1) is 0 Å². The average molecular weight is 271 g/mol. The molecule has 1 fully saturated rings. The van der Waals surface area contributed by atoms with Crippen molar-refractivity contribution in [3.05, 3.63) is 30.5 Å². The van der Waals surface area contributed by atoms with E-state index >= 15 is 0 Å². The molecule has 0 spiro atoms. The summed E-state index contributed by atoms with van der Waals surface area (Å²) in [4.78, 5) is 2.60. The van der Waals surface area contributed by atoms with Crippen LogP contribution in [0.25, 0.3) is 10.9 Å². The zero-order valence-electron chi connectivity index (χ0n) is 12.6. The standard InChI is InChI=1S/C17H25N3/c1-3-9-19-10-7-16(8-11-19)20-12-6-14-13-15(18-2)4-5-17(14)20/h4-6,12-13,16,18H,3,7-11H2,1-2H3. The van der Waals surface area contributed by atoms with Gasteiger partial charge in [0, 0.05) is 49.0 Å². The molecule has 3 rings (SSSR count). The second-order valence-electron chi connectivity index (χ2n) is 5.82. The van der Waals surface area contributed by atoms with Crippen molar-refractivity contribution in [2.24, 2.45) is 0 Å². The third-order valence-corrected chi connectivity index (χ3v) is 4.50. The number of benzene rings is 1. The van der Waals surface area contributed by atoms with Gasteiger partial charge < -0.3 is 14.8 Å². The van der Waals surface area contributed by atoms with E-state index < -0.39 is 0 Å². The van der Waals surface area contributed by atoms with E-state index in [-0.39, 0.29) is 0 Å². The minimum Gasteiger partial charge on any atom is -0.388 e. The molecule has 108 valence electrons. The molecule has 1 aromatic heterocycles. The summed E-state index contributed by atoms with van der Waals surface area (Å²) in [5.41, 5.74) is 2.56. The fraction of sp³-hybridized carbons (Fsp3) is 0.529. The van der Waals surface area contributed by atoms with Crippen LogP contribution in [0.4, 0.5) is 5.69 Å². The first kappa shape index (κ1) is 13.5. The van der Waals surface area contributed by atoms with Gasteiger partial charge in [-0.25, -0.2) is 0 Å². The van der Waals surface area contributed by atoms with Crippen LogP contribution in [0.15, 0.2) is 30.5 Å². The minimum atomic E-state index is 0.668. The lowest BCUT2D eigenvalue weighted by Crippen LogP contribution is -2.34. The van der Waals surface area contributed by atoms with Gasteiger partial charge in [-0.2, -0.15) is 0 Å². The SMILES string of the molecule is CCCN1CCC(n2ccc3cc(NC)ccc32)CC1. The van der Waals surface area contributed by atoms with Crippen molar-refractivity contribution in [2.75, 3.05) is 32.0 Å². The smallest absolute Gasteiger partial charge is 0.0484 e. The van der Waals surface area contributed by atoms with Crippen molar-refractivity contribution in [3.63, 3.8) is 0 Å². The predicted octanol–water partition coefficient (Wildman–Crippen LogP) is 3.73. The van der Waals surface area contributed by atoms with E-state index in [1.807, 2.05) is 7.05 Å². The summed E-state index contributed by atoms with van der Waals surface area (Å²) in [6.07, 6.45) is 6.09. The quantitative estimate of drug-likeness (QED) is 0.914. The van der Waals surface area contributed by atoms with Crippen LogP contribution in [-0.4, -0.2) is 36.1 Å². The third kappa shape index (κ3) is 2.55. The first-order valence-electron chi connectivity index (χ1n) is 7.82. The number of aromatic nitrogens is 1. The summed E-state index contributed by atoms with van der Waals surface area (Å²) >= 11 is 0. The van der Waals surface area contributed by atoms with E-state index in [0.717, 1.165) is 0 Å². The van der Waals surface area contributed by atoms with Crippen molar-refractivity contribution >= 4 is 16.6 Å². The summed E-state index contributed by atoms with van der Waals surface area (Å²) in [6, 6.07) is 9.57. The van der Waals surface area contributed by atoms with E-state index in [1.165, 1.54) is 55.5 Å². The maximum absolute atomic E-state index is 3.21. The Kier molecular flexibility index (Phi) is 3.97. The summed E-state index contributed by atoms with van der Waals surface area (Å²) < 4.78 is 2.48. The molecule has 0 amide bonds. The number of nitrogens with zero attached hydrogens (tertiary/aromatic N) is 2. The van der Waals surface area contributed by atoms with Gasteiger partial charge in [0.1, 0.15) is 0 Å². The van der Waals surface area contributed by atoms with Gasteiger partial charge in [-0.05, 0) is 50.1 Å². The van der Waals surface area contributed by atoms with Crippen LogP contribution in [0, 0.1) is 0 Å². The molecule has 20 heavy (non-hydrogen) atoms. The number of rotatable bonds is 4. The van der Waals surface area contributed by atoms with Crippen LogP contribution < -0.4 is 5.32 Å². The van der Waals surface area contributed by atoms with Gasteiger partial charge in [-0.3, -0.25) is 0 Å². The molecule has 1 N–H and O–H groups in total. The van der Waals surface area contributed by atoms with E-state index in [4.69, 9.17) is 0 Å². The molecule has 0 aliphatic carbocycles. The van der Waals surface area contributed by atoms with Gasteiger partial charge in [-0.15, -0.1) is 0 Å². The van der Waals surface area contributed by atoms with Crippen LogP contribution in [0.1, 0.15) is 32.2 Å². The van der Waals surface area contributed by atoms with Gasteiger partial charge >= 0.3 is 0 Å². The molecule has 1 aliphatic rings. The van der Waals surface area contributed by atoms with E-state index in [0.29, 0.717) is 6.04 Å². The molecular weight excluding hydrogens is 246 g/mol. The van der Waals surface area contributed by atoms with E-state index in [2.05, 4.69) is 52.2 Å². The lowest BCUT2D eigenvalue weighted by atomic mass is 10.0. The molecule has 0 saturated carbocycles. The van der Waals surface area contributed by atoms with Gasteiger partial charge in [0.2, 0.25) is 0 Å².